The largest absolute Gasteiger partial charge is 0.256 e. The lowest BCUT2D eigenvalue weighted by atomic mass is 9.74. The Morgan fingerprint density at radius 1 is 0.125 bits per heavy atom. The van der Waals surface area contributed by atoms with Crippen LogP contribution in [0.3, 0.4) is 0 Å². The standard InChI is InChI=1S/2C19H33N.2C17H30N2.C15H27N3/c2*1-12-14(17(3,4)5)13(2)16(19(9,10)11)20-15(12)18(6,7)8;2*1-11-12(15(2,3)4)18-14(17(8,9)10)19-13(11)16(5,6)7;1-13(2,3)10-16-11(14(4,5)6)18-12(17-10)15(7,8)9/h2*1-11H3;2*1-10H3;1-9H3. The molecule has 0 fully saturated rings. The third-order valence-electron chi connectivity index (χ3n) is 16.8. The van der Waals surface area contributed by atoms with Crippen LogP contribution in [0.2, 0.25) is 0 Å². The third-order valence-corrected chi connectivity index (χ3v) is 16.8. The Morgan fingerprint density at radius 2 is 0.240 bits per heavy atom. The van der Waals surface area contributed by atoms with Crippen LogP contribution >= 0.6 is 0 Å². The lowest BCUT2D eigenvalue weighted by Gasteiger charge is -2.34. The van der Waals surface area contributed by atoms with E-state index in [1.165, 1.54) is 90.1 Å². The van der Waals surface area contributed by atoms with Gasteiger partial charge in [-0.2, -0.15) is 0 Å². The Morgan fingerprint density at radius 3 is 0.344 bits per heavy atom. The molecular weight excluding hydrogens is 1170 g/mol. The molecule has 0 N–H and O–H groups in total. The van der Waals surface area contributed by atoms with Crippen molar-refractivity contribution in [1.82, 2.24) is 44.9 Å². The van der Waals surface area contributed by atoms with Gasteiger partial charge in [0.05, 0.1) is 22.8 Å². The summed E-state index contributed by atoms with van der Waals surface area (Å²) >= 11 is 0. The van der Waals surface area contributed by atoms with Gasteiger partial charge in [0.15, 0.2) is 0 Å². The van der Waals surface area contributed by atoms with Crippen LogP contribution in [0.5, 0.6) is 0 Å². The highest BCUT2D eigenvalue weighted by Crippen LogP contribution is 2.42. The van der Waals surface area contributed by atoms with Gasteiger partial charge in [-0.05, 0) is 96.9 Å². The van der Waals surface area contributed by atoms with Gasteiger partial charge in [0.25, 0.3) is 0 Å². The van der Waals surface area contributed by atoms with Crippen molar-refractivity contribution in [3.8, 4) is 0 Å². The lowest BCUT2D eigenvalue weighted by Crippen LogP contribution is -2.28. The van der Waals surface area contributed by atoms with E-state index in [4.69, 9.17) is 29.9 Å². The molecule has 546 valence electrons. The van der Waals surface area contributed by atoms with E-state index in [0.29, 0.717) is 0 Å². The third kappa shape index (κ3) is 24.4. The molecule has 0 aliphatic carbocycles. The highest BCUT2D eigenvalue weighted by molar-refractivity contribution is 5.49. The average molecular weight is 1330 g/mol. The zero-order valence-corrected chi connectivity index (χ0v) is 73.0. The highest BCUT2D eigenvalue weighted by Gasteiger charge is 2.36. The van der Waals surface area contributed by atoms with E-state index >= 15 is 0 Å². The van der Waals surface area contributed by atoms with Crippen molar-refractivity contribution < 1.29 is 0 Å². The highest BCUT2D eigenvalue weighted by atomic mass is 15.1. The molecule has 0 aliphatic rings. The van der Waals surface area contributed by atoms with E-state index in [1.807, 2.05) is 0 Å². The molecule has 9 nitrogen and oxygen atoms in total. The Kier molecular flexibility index (Phi) is 27.2. The molecule has 0 amide bonds. The smallest absolute Gasteiger partial charge is 0.137 e. The number of hydrogen-bond acceptors (Lipinski definition) is 9. The van der Waals surface area contributed by atoms with Crippen molar-refractivity contribution >= 4 is 0 Å². The molecule has 5 aromatic heterocycles. The predicted octanol–water partition coefficient (Wildman–Crippen LogP) is 24.3. The van der Waals surface area contributed by atoms with E-state index in [-0.39, 0.29) is 81.2 Å². The van der Waals surface area contributed by atoms with Crippen LogP contribution in [0.15, 0.2) is 0 Å². The maximum atomic E-state index is 5.09. The van der Waals surface area contributed by atoms with Crippen molar-refractivity contribution in [1.29, 1.82) is 0 Å². The van der Waals surface area contributed by atoms with Crippen molar-refractivity contribution in [2.45, 2.75) is 434 Å². The minimum absolute atomic E-state index is 0.0201. The van der Waals surface area contributed by atoms with Crippen LogP contribution in [0.4, 0.5) is 0 Å². The minimum Gasteiger partial charge on any atom is -0.256 e. The summed E-state index contributed by atoms with van der Waals surface area (Å²) in [5, 5.41) is 0. The maximum absolute atomic E-state index is 5.09. The molecule has 0 aromatic carbocycles. The molecule has 5 aromatic rings. The van der Waals surface area contributed by atoms with Gasteiger partial charge in [0.2, 0.25) is 0 Å². The molecule has 9 heteroatoms. The van der Waals surface area contributed by atoms with E-state index in [2.05, 4.69) is 368 Å². The topological polar surface area (TPSA) is 116 Å². The van der Waals surface area contributed by atoms with Gasteiger partial charge < -0.3 is 0 Å². The molecule has 0 bridgehead atoms. The number of aromatic nitrogens is 9. The zero-order valence-electron chi connectivity index (χ0n) is 73.0. The van der Waals surface area contributed by atoms with Crippen LogP contribution in [0.25, 0.3) is 0 Å². The minimum atomic E-state index is -0.0526. The Labute approximate surface area is 595 Å². The lowest BCUT2D eigenvalue weighted by molar-refractivity contribution is 0.457. The summed E-state index contributed by atoms with van der Waals surface area (Å²) in [5.74, 6) is 4.55. The van der Waals surface area contributed by atoms with Gasteiger partial charge in [0.1, 0.15) is 29.1 Å². The van der Waals surface area contributed by atoms with Gasteiger partial charge in [-0.25, -0.2) is 34.9 Å². The van der Waals surface area contributed by atoms with E-state index in [1.54, 1.807) is 0 Å². The first-order chi connectivity index (χ1) is 41.6. The first-order valence-electron chi connectivity index (χ1n) is 36.3. The van der Waals surface area contributed by atoms with Gasteiger partial charge in [-0.15, -0.1) is 0 Å². The molecule has 0 saturated carbocycles. The normalized spacial score (nSPS) is 13.8. The second kappa shape index (κ2) is 29.2. The van der Waals surface area contributed by atoms with E-state index in [9.17, 15) is 0 Å². The van der Waals surface area contributed by atoms with Gasteiger partial charge in [0, 0.05) is 93.2 Å². The average Bonchev–Trinajstić information content (AvgIpc) is 0.774. The molecule has 0 spiro atoms. The molecule has 0 radical (unpaired) electrons. The summed E-state index contributed by atoms with van der Waals surface area (Å²) in [7, 11) is 0. The summed E-state index contributed by atoms with van der Waals surface area (Å²) in [6.07, 6.45) is 0. The van der Waals surface area contributed by atoms with Gasteiger partial charge in [-0.1, -0.05) is 312 Å². The van der Waals surface area contributed by atoms with E-state index < -0.39 is 0 Å². The van der Waals surface area contributed by atoms with Crippen molar-refractivity contribution in [2.75, 3.05) is 0 Å². The van der Waals surface area contributed by atoms with Gasteiger partial charge in [-0.3, -0.25) is 9.97 Å². The van der Waals surface area contributed by atoms with E-state index in [0.717, 1.165) is 29.1 Å². The number of rotatable bonds is 0. The second-order valence-electron chi connectivity index (χ2n) is 43.7. The number of hydrogen-bond donors (Lipinski definition) is 0. The van der Waals surface area contributed by atoms with Crippen LogP contribution < -0.4 is 0 Å². The number of nitrogens with zero attached hydrogens (tertiary/aromatic N) is 9. The predicted molar refractivity (Wildman–Crippen MR) is 421 cm³/mol. The van der Waals surface area contributed by atoms with Crippen LogP contribution in [-0.4, -0.2) is 44.9 Å². The summed E-state index contributed by atoms with van der Waals surface area (Å²) < 4.78 is 0. The van der Waals surface area contributed by atoms with Crippen LogP contribution in [0, 0.1) is 41.5 Å². The number of pyridine rings is 2. The van der Waals surface area contributed by atoms with Crippen molar-refractivity contribution in [3.63, 3.8) is 0 Å². The second-order valence-corrected chi connectivity index (χ2v) is 43.7. The summed E-state index contributed by atoms with van der Waals surface area (Å²) in [6.45, 7) is 113. The molecule has 0 atom stereocenters. The molecule has 0 saturated heterocycles. The SMILES string of the molecule is CC(C)(C)c1nc(C(C)(C)C)nc(C(C)(C)C)n1.Cc1c(C(C)(C)C)nc(C(C)(C)C)c(C)c1C(C)(C)C.Cc1c(C(C)(C)C)nc(C(C)(C)C)c(C)c1C(C)(C)C.Cc1c(C(C)(C)C)nc(C(C)(C)C)nc1C(C)(C)C.Cc1c(C(C)(C)C)nc(C(C)(C)C)nc1C(C)(C)C. The molecule has 5 heterocycles. The quantitative estimate of drug-likeness (QED) is 0.149. The Hall–Kier alpha value is -4.53. The fourth-order valence-electron chi connectivity index (χ4n) is 12.8. The molecular formula is C87H153N9. The summed E-state index contributed by atoms with van der Waals surface area (Å²) in [6, 6.07) is 0. The monoisotopic (exact) mass is 1320 g/mol. The maximum Gasteiger partial charge on any atom is 0.137 e. The zero-order chi connectivity index (χ0) is 77.0. The van der Waals surface area contributed by atoms with Crippen molar-refractivity contribution in [3.05, 3.63) is 119 Å². The molecule has 0 unspecified atom stereocenters. The van der Waals surface area contributed by atoms with Crippen molar-refractivity contribution in [2.24, 2.45) is 0 Å². The summed E-state index contributed by atoms with van der Waals surface area (Å²) in [4.78, 5) is 43.7. The Balaban J connectivity index is 0.000000600. The van der Waals surface area contributed by atoms with Gasteiger partial charge >= 0.3 is 0 Å². The molecule has 96 heavy (non-hydrogen) atoms. The van der Waals surface area contributed by atoms with Crippen LogP contribution in [0.1, 0.15) is 431 Å². The molecule has 5 rings (SSSR count). The summed E-state index contributed by atoms with van der Waals surface area (Å²) in [5.41, 5.74) is 21.2. The molecule has 0 aliphatic heterocycles. The van der Waals surface area contributed by atoms with Crippen LogP contribution in [-0.2, 0) is 81.2 Å². The fourth-order valence-corrected chi connectivity index (χ4v) is 12.8. The first kappa shape index (κ1) is 89.5. The fraction of sp³-hybridized carbons (Fsp3) is 0.759. The first-order valence-corrected chi connectivity index (χ1v) is 36.3. The Bertz CT molecular complexity index is 3030.